The van der Waals surface area contributed by atoms with Crippen LogP contribution in [0.4, 0.5) is 5.13 Å². The van der Waals surface area contributed by atoms with E-state index in [0.29, 0.717) is 33.6 Å². The van der Waals surface area contributed by atoms with Gasteiger partial charge in [-0.05, 0) is 43.5 Å². The Morgan fingerprint density at radius 2 is 1.91 bits per heavy atom. The van der Waals surface area contributed by atoms with E-state index in [9.17, 15) is 13.2 Å². The minimum Gasteiger partial charge on any atom is -0.495 e. The van der Waals surface area contributed by atoms with Gasteiger partial charge in [0.25, 0.3) is 0 Å². The van der Waals surface area contributed by atoms with Crippen LogP contribution in [-0.4, -0.2) is 39.4 Å². The maximum atomic E-state index is 12.6. The zero-order valence-electron chi connectivity index (χ0n) is 17.7. The molecule has 0 spiro atoms. The Morgan fingerprint density at radius 1 is 1.16 bits per heavy atom. The Morgan fingerprint density at radius 3 is 2.66 bits per heavy atom. The smallest absolute Gasteiger partial charge is 0.244 e. The number of carbonyl (C=O) groups excluding carboxylic acids is 1. The molecule has 0 aliphatic heterocycles. The summed E-state index contributed by atoms with van der Waals surface area (Å²) < 4.78 is 32.7. The molecule has 7 nitrogen and oxygen atoms in total. The van der Waals surface area contributed by atoms with Crippen molar-refractivity contribution < 1.29 is 17.9 Å². The van der Waals surface area contributed by atoms with Crippen LogP contribution in [0.15, 0.2) is 53.6 Å². The lowest BCUT2D eigenvalue weighted by atomic mass is 10.0. The number of aryl methyl sites for hydroxylation is 1. The van der Waals surface area contributed by atoms with Gasteiger partial charge in [0.1, 0.15) is 10.6 Å². The summed E-state index contributed by atoms with van der Waals surface area (Å²) in [6.45, 7) is 2.78. The van der Waals surface area contributed by atoms with Crippen molar-refractivity contribution in [3.63, 3.8) is 0 Å². The summed E-state index contributed by atoms with van der Waals surface area (Å²) in [5.41, 5.74) is 1.60. The molecule has 0 radical (unpaired) electrons. The summed E-state index contributed by atoms with van der Waals surface area (Å²) in [6.07, 6.45) is 2.92. The lowest BCUT2D eigenvalue weighted by Gasteiger charge is -2.11. The van der Waals surface area contributed by atoms with Crippen LogP contribution in [0.5, 0.6) is 5.75 Å². The molecule has 3 aromatic rings. The highest BCUT2D eigenvalue weighted by atomic mass is 35.5. The monoisotopic (exact) mass is 493 g/mol. The van der Waals surface area contributed by atoms with Gasteiger partial charge in [-0.2, -0.15) is 0 Å². The van der Waals surface area contributed by atoms with E-state index in [0.717, 1.165) is 12.0 Å². The molecule has 1 heterocycles. The van der Waals surface area contributed by atoms with Crippen molar-refractivity contribution in [3.05, 3.63) is 69.7 Å². The number of sulfonamides is 1. The molecule has 0 atom stereocenters. The summed E-state index contributed by atoms with van der Waals surface area (Å²) in [5, 5.41) is 4.16. The molecule has 1 aromatic heterocycles. The zero-order valence-corrected chi connectivity index (χ0v) is 20.1. The van der Waals surface area contributed by atoms with Crippen LogP contribution in [0.3, 0.4) is 0 Å². The fourth-order valence-electron chi connectivity index (χ4n) is 3.01. The van der Waals surface area contributed by atoms with Crippen LogP contribution < -0.4 is 14.8 Å². The summed E-state index contributed by atoms with van der Waals surface area (Å²) in [4.78, 5) is 17.5. The number of rotatable bonds is 11. The van der Waals surface area contributed by atoms with Gasteiger partial charge in [-0.3, -0.25) is 4.79 Å². The maximum Gasteiger partial charge on any atom is 0.244 e. The van der Waals surface area contributed by atoms with E-state index in [4.69, 9.17) is 16.3 Å². The van der Waals surface area contributed by atoms with Crippen molar-refractivity contribution in [1.82, 2.24) is 9.71 Å². The number of thiazole rings is 1. The zero-order chi connectivity index (χ0) is 23.1. The lowest BCUT2D eigenvalue weighted by Crippen LogP contribution is -2.25. The standard InChI is InChI=1S/C22H24ClN3O4S2/c1-15-7-3-4-8-17(15)21(27)19-14-25-22(31-19)24-11-5-6-12-26-32(28,29)20-13-16(23)9-10-18(20)30-2/h3-4,7-10,13-14,26H,5-6,11-12H2,1-2H3,(H,24,25). The second-order valence-corrected chi connectivity index (χ2v) is 10.2. The molecule has 10 heteroatoms. The predicted octanol–water partition coefficient (Wildman–Crippen LogP) is 4.52. The van der Waals surface area contributed by atoms with Gasteiger partial charge in [0.05, 0.1) is 18.2 Å². The van der Waals surface area contributed by atoms with Crippen molar-refractivity contribution in [3.8, 4) is 5.75 Å². The molecule has 3 rings (SSSR count). The summed E-state index contributed by atoms with van der Waals surface area (Å²) in [5.74, 6) is 0.197. The Balaban J connectivity index is 1.45. The van der Waals surface area contributed by atoms with Crippen LogP contribution >= 0.6 is 22.9 Å². The second-order valence-electron chi connectivity index (χ2n) is 7.00. The van der Waals surface area contributed by atoms with Gasteiger partial charge in [-0.15, -0.1) is 0 Å². The molecule has 0 saturated heterocycles. The van der Waals surface area contributed by atoms with Crippen LogP contribution in [0, 0.1) is 6.92 Å². The minimum atomic E-state index is -3.73. The number of aromatic nitrogens is 1. The Hall–Kier alpha value is -2.46. The van der Waals surface area contributed by atoms with Crippen LogP contribution in [0.25, 0.3) is 0 Å². The van der Waals surface area contributed by atoms with Crippen LogP contribution in [-0.2, 0) is 10.0 Å². The first kappa shape index (κ1) is 24.2. The SMILES string of the molecule is COc1ccc(Cl)cc1S(=O)(=O)NCCCCNc1ncc(C(=O)c2ccccc2C)s1. The summed E-state index contributed by atoms with van der Waals surface area (Å²) in [6, 6.07) is 11.9. The van der Waals surface area contributed by atoms with Crippen LogP contribution in [0.2, 0.25) is 5.02 Å². The first-order valence-corrected chi connectivity index (χ1v) is 12.6. The minimum absolute atomic E-state index is 0.0132. The third-order valence-corrected chi connectivity index (χ3v) is 7.38. The normalized spacial score (nSPS) is 11.3. The highest BCUT2D eigenvalue weighted by Crippen LogP contribution is 2.27. The fourth-order valence-corrected chi connectivity index (χ4v) is 5.31. The second kappa shape index (κ2) is 10.9. The number of nitrogens with zero attached hydrogens (tertiary/aromatic N) is 1. The number of nitrogens with one attached hydrogen (secondary N) is 2. The molecule has 2 aromatic carbocycles. The van der Waals surface area contributed by atoms with Gasteiger partial charge in [-0.1, -0.05) is 47.2 Å². The summed E-state index contributed by atoms with van der Waals surface area (Å²) in [7, 11) is -2.32. The first-order valence-electron chi connectivity index (χ1n) is 9.95. The molecule has 2 N–H and O–H groups in total. The number of halogens is 1. The average molecular weight is 494 g/mol. The van der Waals surface area contributed by atoms with Crippen molar-refractivity contribution in [1.29, 1.82) is 0 Å². The largest absolute Gasteiger partial charge is 0.495 e. The Bertz CT molecular complexity index is 1200. The Labute approximate surface area is 196 Å². The van der Waals surface area contributed by atoms with E-state index < -0.39 is 10.0 Å². The molecule has 0 saturated carbocycles. The third kappa shape index (κ3) is 6.07. The first-order chi connectivity index (χ1) is 15.3. The van der Waals surface area contributed by atoms with E-state index in [-0.39, 0.29) is 23.0 Å². The topological polar surface area (TPSA) is 97.4 Å². The number of unbranched alkanes of at least 4 members (excludes halogenated alkanes) is 1. The fraction of sp³-hybridized carbons (Fsp3) is 0.273. The van der Waals surface area contributed by atoms with E-state index in [1.165, 1.54) is 30.6 Å². The number of methoxy groups -OCH3 is 1. The van der Waals surface area contributed by atoms with Gasteiger partial charge in [-0.25, -0.2) is 18.1 Å². The van der Waals surface area contributed by atoms with Crippen LogP contribution in [0.1, 0.15) is 33.6 Å². The predicted molar refractivity (Wildman–Crippen MR) is 128 cm³/mol. The lowest BCUT2D eigenvalue weighted by molar-refractivity contribution is 0.104. The molecule has 0 aliphatic rings. The average Bonchev–Trinajstić information content (AvgIpc) is 3.25. The maximum absolute atomic E-state index is 12.6. The third-order valence-electron chi connectivity index (χ3n) is 4.71. The number of ketones is 1. The van der Waals surface area contributed by atoms with Gasteiger partial charge in [0.15, 0.2) is 5.13 Å². The van der Waals surface area contributed by atoms with E-state index >= 15 is 0 Å². The van der Waals surface area contributed by atoms with Crippen molar-refractivity contribution in [2.45, 2.75) is 24.7 Å². The molecule has 0 fully saturated rings. The van der Waals surface area contributed by atoms with Gasteiger partial charge < -0.3 is 10.1 Å². The van der Waals surface area contributed by atoms with Gasteiger partial charge >= 0.3 is 0 Å². The molecular weight excluding hydrogens is 470 g/mol. The van der Waals surface area contributed by atoms with Crippen molar-refractivity contribution >= 4 is 43.9 Å². The molecule has 0 aliphatic carbocycles. The highest BCUT2D eigenvalue weighted by Gasteiger charge is 2.19. The number of ether oxygens (including phenoxy) is 1. The van der Waals surface area contributed by atoms with E-state index in [1.54, 1.807) is 12.3 Å². The number of hydrogen-bond acceptors (Lipinski definition) is 7. The number of benzene rings is 2. The molecule has 0 amide bonds. The van der Waals surface area contributed by atoms with Crippen molar-refractivity contribution in [2.75, 3.05) is 25.5 Å². The number of anilines is 1. The van der Waals surface area contributed by atoms with E-state index in [2.05, 4.69) is 15.0 Å². The van der Waals surface area contributed by atoms with Crippen molar-refractivity contribution in [2.24, 2.45) is 0 Å². The number of carbonyl (C=O) groups is 1. The van der Waals surface area contributed by atoms with Gasteiger partial charge in [0, 0.05) is 23.7 Å². The quantitative estimate of drug-likeness (QED) is 0.301. The highest BCUT2D eigenvalue weighted by molar-refractivity contribution is 7.89. The van der Waals surface area contributed by atoms with Gasteiger partial charge in [0.2, 0.25) is 15.8 Å². The molecule has 0 unspecified atom stereocenters. The van der Waals surface area contributed by atoms with E-state index in [1.807, 2.05) is 31.2 Å². The molecular formula is C22H24ClN3O4S2. The summed E-state index contributed by atoms with van der Waals surface area (Å²) >= 11 is 7.23. The molecule has 0 bridgehead atoms. The molecule has 170 valence electrons. The number of hydrogen-bond donors (Lipinski definition) is 2. The molecule has 32 heavy (non-hydrogen) atoms. The Kier molecular flexibility index (Phi) is 8.25.